The number of carbonyl (C=O) groups is 1. The lowest BCUT2D eigenvalue weighted by atomic mass is 10.00. The van der Waals surface area contributed by atoms with Gasteiger partial charge < -0.3 is 9.52 Å². The summed E-state index contributed by atoms with van der Waals surface area (Å²) in [6.45, 7) is 4.28. The Kier molecular flexibility index (Phi) is 6.39. The van der Waals surface area contributed by atoms with E-state index >= 15 is 0 Å². The lowest BCUT2D eigenvalue weighted by Crippen LogP contribution is -1.97. The maximum absolute atomic E-state index is 10.4. The molecule has 0 radical (unpaired) electrons. The van der Waals surface area contributed by atoms with Crippen molar-refractivity contribution in [3.8, 4) is 0 Å². The van der Waals surface area contributed by atoms with E-state index < -0.39 is 5.97 Å². The van der Waals surface area contributed by atoms with Crippen molar-refractivity contribution >= 4 is 5.97 Å². The first-order chi connectivity index (χ1) is 8.67. The molecular weight excluding hydrogens is 232 g/mol. The van der Waals surface area contributed by atoms with Crippen molar-refractivity contribution in [3.63, 3.8) is 0 Å². The largest absolute Gasteiger partial charge is 0.481 e. The van der Waals surface area contributed by atoms with Crippen LogP contribution in [0.5, 0.6) is 0 Å². The molecule has 0 bridgehead atoms. The van der Waals surface area contributed by atoms with Crippen LogP contribution in [0.15, 0.2) is 4.42 Å². The van der Waals surface area contributed by atoms with E-state index in [0.717, 1.165) is 25.7 Å². The van der Waals surface area contributed by atoms with Crippen LogP contribution in [-0.2, 0) is 11.2 Å². The fraction of sp³-hybridized carbons (Fsp3) is 0.769. The molecule has 1 N–H and O–H groups in total. The minimum atomic E-state index is -0.788. The summed E-state index contributed by atoms with van der Waals surface area (Å²) in [5.74, 6) is 0.812. The molecule has 0 aromatic carbocycles. The van der Waals surface area contributed by atoms with Gasteiger partial charge in [0.25, 0.3) is 0 Å². The number of rotatable bonds is 9. The third-order valence-electron chi connectivity index (χ3n) is 3.01. The van der Waals surface area contributed by atoms with Crippen molar-refractivity contribution in [2.24, 2.45) is 0 Å². The fourth-order valence-corrected chi connectivity index (χ4v) is 1.88. The highest BCUT2D eigenvalue weighted by Crippen LogP contribution is 2.24. The normalized spacial score (nSPS) is 12.6. The van der Waals surface area contributed by atoms with Gasteiger partial charge in [0.05, 0.1) is 0 Å². The van der Waals surface area contributed by atoms with Gasteiger partial charge in [-0.15, -0.1) is 10.2 Å². The molecule has 0 saturated carbocycles. The molecular formula is C13H22N2O3. The number of unbranched alkanes of at least 4 members (excludes halogenated alkanes) is 1. The minimum absolute atomic E-state index is 0.144. The van der Waals surface area contributed by atoms with Gasteiger partial charge in [0.1, 0.15) is 0 Å². The Morgan fingerprint density at radius 2 is 2.11 bits per heavy atom. The standard InChI is InChI=1S/C13H22N2O3/c1-3-5-7-10(4-2)13-15-14-11(18-13)8-6-9-12(16)17/h10H,3-9H2,1-2H3,(H,16,17). The van der Waals surface area contributed by atoms with Crippen LogP contribution in [-0.4, -0.2) is 21.3 Å². The number of aromatic nitrogens is 2. The molecule has 1 aromatic rings. The highest BCUT2D eigenvalue weighted by Gasteiger charge is 2.16. The Morgan fingerprint density at radius 3 is 2.72 bits per heavy atom. The molecule has 0 amide bonds. The van der Waals surface area contributed by atoms with Crippen molar-refractivity contribution in [1.29, 1.82) is 0 Å². The van der Waals surface area contributed by atoms with Crippen LogP contribution in [0.25, 0.3) is 0 Å². The Bertz CT molecular complexity index is 363. The van der Waals surface area contributed by atoms with E-state index in [1.807, 2.05) is 0 Å². The molecule has 18 heavy (non-hydrogen) atoms. The predicted molar refractivity (Wildman–Crippen MR) is 67.4 cm³/mol. The van der Waals surface area contributed by atoms with Crippen LogP contribution >= 0.6 is 0 Å². The van der Waals surface area contributed by atoms with E-state index in [1.165, 1.54) is 0 Å². The van der Waals surface area contributed by atoms with Crippen molar-refractivity contribution in [3.05, 3.63) is 11.8 Å². The molecule has 1 aromatic heterocycles. The zero-order valence-electron chi connectivity index (χ0n) is 11.2. The van der Waals surface area contributed by atoms with E-state index in [4.69, 9.17) is 9.52 Å². The van der Waals surface area contributed by atoms with E-state index in [0.29, 0.717) is 30.5 Å². The molecule has 0 aliphatic carbocycles. The molecule has 1 atom stereocenters. The van der Waals surface area contributed by atoms with E-state index in [-0.39, 0.29) is 6.42 Å². The topological polar surface area (TPSA) is 76.2 Å². The molecule has 0 aliphatic heterocycles. The van der Waals surface area contributed by atoms with Crippen LogP contribution in [0, 0.1) is 0 Å². The SMILES string of the molecule is CCCCC(CC)c1nnc(CCCC(=O)O)o1. The molecule has 1 heterocycles. The van der Waals surface area contributed by atoms with Crippen LogP contribution in [0.1, 0.15) is 70.1 Å². The van der Waals surface area contributed by atoms with Gasteiger partial charge in [-0.1, -0.05) is 26.7 Å². The maximum atomic E-state index is 10.4. The fourth-order valence-electron chi connectivity index (χ4n) is 1.88. The molecule has 0 saturated heterocycles. The Balaban J connectivity index is 2.47. The van der Waals surface area contributed by atoms with Gasteiger partial charge >= 0.3 is 5.97 Å². The molecule has 0 aliphatic rings. The van der Waals surface area contributed by atoms with Gasteiger partial charge in [0.15, 0.2) is 0 Å². The number of hydrogen-bond acceptors (Lipinski definition) is 4. The first-order valence-electron chi connectivity index (χ1n) is 6.71. The second-order valence-electron chi connectivity index (χ2n) is 4.53. The van der Waals surface area contributed by atoms with E-state index in [1.54, 1.807) is 0 Å². The smallest absolute Gasteiger partial charge is 0.303 e. The van der Waals surface area contributed by atoms with Gasteiger partial charge in [-0.3, -0.25) is 4.79 Å². The summed E-state index contributed by atoms with van der Waals surface area (Å²) in [5.41, 5.74) is 0. The van der Waals surface area contributed by atoms with Gasteiger partial charge in [-0.25, -0.2) is 0 Å². The van der Waals surface area contributed by atoms with Crippen LogP contribution in [0.3, 0.4) is 0 Å². The molecule has 5 heteroatoms. The first kappa shape index (κ1) is 14.7. The van der Waals surface area contributed by atoms with Crippen LogP contribution < -0.4 is 0 Å². The average molecular weight is 254 g/mol. The lowest BCUT2D eigenvalue weighted by molar-refractivity contribution is -0.137. The Hall–Kier alpha value is -1.39. The number of hydrogen-bond donors (Lipinski definition) is 1. The van der Waals surface area contributed by atoms with Crippen molar-refractivity contribution in [1.82, 2.24) is 10.2 Å². The summed E-state index contributed by atoms with van der Waals surface area (Å²) in [6, 6.07) is 0. The monoisotopic (exact) mass is 254 g/mol. The van der Waals surface area contributed by atoms with Gasteiger partial charge in [-0.05, 0) is 19.3 Å². The molecule has 1 unspecified atom stereocenters. The minimum Gasteiger partial charge on any atom is -0.481 e. The second-order valence-corrected chi connectivity index (χ2v) is 4.53. The van der Waals surface area contributed by atoms with Gasteiger partial charge in [0.2, 0.25) is 11.8 Å². The van der Waals surface area contributed by atoms with Crippen molar-refractivity contribution < 1.29 is 14.3 Å². The summed E-state index contributed by atoms with van der Waals surface area (Å²) >= 11 is 0. The highest BCUT2D eigenvalue weighted by molar-refractivity contribution is 5.66. The summed E-state index contributed by atoms with van der Waals surface area (Å²) in [4.78, 5) is 10.4. The van der Waals surface area contributed by atoms with E-state index in [2.05, 4.69) is 24.0 Å². The lowest BCUT2D eigenvalue weighted by Gasteiger charge is -2.08. The predicted octanol–water partition coefficient (Wildman–Crippen LogP) is 3.16. The maximum Gasteiger partial charge on any atom is 0.303 e. The summed E-state index contributed by atoms with van der Waals surface area (Å²) in [7, 11) is 0. The summed E-state index contributed by atoms with van der Waals surface area (Å²) in [5, 5.41) is 16.6. The third-order valence-corrected chi connectivity index (χ3v) is 3.01. The summed E-state index contributed by atoms with van der Waals surface area (Å²) < 4.78 is 5.60. The third kappa shape index (κ3) is 4.85. The number of aryl methyl sites for hydroxylation is 1. The second kappa shape index (κ2) is 7.84. The average Bonchev–Trinajstić information content (AvgIpc) is 2.78. The first-order valence-corrected chi connectivity index (χ1v) is 6.71. The van der Waals surface area contributed by atoms with Gasteiger partial charge in [-0.2, -0.15) is 0 Å². The molecule has 0 fully saturated rings. The Morgan fingerprint density at radius 1 is 1.33 bits per heavy atom. The molecule has 102 valence electrons. The number of aliphatic carboxylic acids is 1. The molecule has 0 spiro atoms. The molecule has 1 rings (SSSR count). The quantitative estimate of drug-likeness (QED) is 0.732. The number of nitrogens with zero attached hydrogens (tertiary/aromatic N) is 2. The van der Waals surface area contributed by atoms with Gasteiger partial charge in [0, 0.05) is 18.8 Å². The zero-order chi connectivity index (χ0) is 13.4. The van der Waals surface area contributed by atoms with Crippen molar-refractivity contribution in [2.45, 2.75) is 64.7 Å². The highest BCUT2D eigenvalue weighted by atomic mass is 16.4. The Labute approximate surface area is 108 Å². The number of carboxylic acid groups (broad SMARTS) is 1. The van der Waals surface area contributed by atoms with E-state index in [9.17, 15) is 4.79 Å². The van der Waals surface area contributed by atoms with Crippen molar-refractivity contribution in [2.75, 3.05) is 0 Å². The number of carboxylic acids is 1. The zero-order valence-corrected chi connectivity index (χ0v) is 11.2. The van der Waals surface area contributed by atoms with Crippen LogP contribution in [0.4, 0.5) is 0 Å². The van der Waals surface area contributed by atoms with Crippen LogP contribution in [0.2, 0.25) is 0 Å². The molecule has 5 nitrogen and oxygen atoms in total. The summed E-state index contributed by atoms with van der Waals surface area (Å²) in [6.07, 6.45) is 5.63.